The topological polar surface area (TPSA) is 15.6 Å². The zero-order valence-electron chi connectivity index (χ0n) is 5.99. The van der Waals surface area contributed by atoms with E-state index in [9.17, 15) is 0 Å². The lowest BCUT2D eigenvalue weighted by Gasteiger charge is -2.07. The largest absolute Gasteiger partial charge is 0.299 e. The molecule has 0 saturated heterocycles. The second-order valence-electron chi connectivity index (χ2n) is 2.72. The zero-order valence-corrected chi connectivity index (χ0v) is 5.99. The highest BCUT2D eigenvalue weighted by atomic mass is 15.5. The van der Waals surface area contributed by atoms with Crippen molar-refractivity contribution in [1.29, 1.82) is 0 Å². The van der Waals surface area contributed by atoms with Crippen LogP contribution < -0.4 is 0 Å². The summed E-state index contributed by atoms with van der Waals surface area (Å²) in [5.74, 6) is 0.551. The molecule has 2 nitrogen and oxygen atoms in total. The van der Waals surface area contributed by atoms with Gasteiger partial charge in [0.25, 0.3) is 0 Å². The molecule has 0 aromatic rings. The second-order valence-corrected chi connectivity index (χ2v) is 2.72. The molecule has 1 unspecified atom stereocenters. The fourth-order valence-corrected chi connectivity index (χ4v) is 1.36. The van der Waals surface area contributed by atoms with Crippen molar-refractivity contribution < 1.29 is 0 Å². The normalized spacial score (nSPS) is 28.7. The first-order valence-electron chi connectivity index (χ1n) is 3.51. The fourth-order valence-electron chi connectivity index (χ4n) is 1.36. The minimum atomic E-state index is 0.551. The van der Waals surface area contributed by atoms with Gasteiger partial charge in [0.1, 0.15) is 0 Å². The van der Waals surface area contributed by atoms with E-state index in [2.05, 4.69) is 23.3 Å². The summed E-state index contributed by atoms with van der Waals surface area (Å²) in [5, 5.41) is 6.31. The average Bonchev–Trinajstić information content (AvgIpc) is 2.27. The Morgan fingerprint density at radius 1 is 1.60 bits per heavy atom. The molecule has 10 heavy (non-hydrogen) atoms. The van der Waals surface area contributed by atoms with Crippen LogP contribution in [0.4, 0.5) is 0 Å². The van der Waals surface area contributed by atoms with Gasteiger partial charge in [-0.2, -0.15) is 5.10 Å². The Bertz CT molecular complexity index is 225. The molecule has 1 atom stereocenters. The van der Waals surface area contributed by atoms with Crippen molar-refractivity contribution in [2.24, 2.45) is 11.0 Å². The number of fused-ring (bicyclic) bond motifs is 1. The van der Waals surface area contributed by atoms with Crippen LogP contribution in [0.1, 0.15) is 0 Å². The summed E-state index contributed by atoms with van der Waals surface area (Å²) < 4.78 is 0. The summed E-state index contributed by atoms with van der Waals surface area (Å²) in [7, 11) is 2.01. The second kappa shape index (κ2) is 1.97. The molecule has 2 rings (SSSR count). The van der Waals surface area contributed by atoms with Crippen molar-refractivity contribution in [3.8, 4) is 0 Å². The van der Waals surface area contributed by atoms with E-state index >= 15 is 0 Å². The number of hydrazone groups is 1. The molecule has 1 heterocycles. The van der Waals surface area contributed by atoms with Gasteiger partial charge in [-0.05, 0) is 6.08 Å². The molecule has 0 aromatic carbocycles. The maximum atomic E-state index is 4.32. The summed E-state index contributed by atoms with van der Waals surface area (Å²) in [6.45, 7) is 1.04. The highest BCUT2D eigenvalue weighted by molar-refractivity contribution is 6.00. The van der Waals surface area contributed by atoms with E-state index < -0.39 is 0 Å². The molecular formula is C8H10N2. The smallest absolute Gasteiger partial charge is 0.0692 e. The van der Waals surface area contributed by atoms with Gasteiger partial charge in [0.05, 0.1) is 5.71 Å². The quantitative estimate of drug-likeness (QED) is 0.483. The first-order chi connectivity index (χ1) is 4.86. The van der Waals surface area contributed by atoms with Gasteiger partial charge in [-0.15, -0.1) is 0 Å². The fraction of sp³-hybridized carbons (Fsp3) is 0.375. The molecule has 0 fully saturated rings. The van der Waals surface area contributed by atoms with E-state index in [4.69, 9.17) is 0 Å². The Kier molecular flexibility index (Phi) is 1.13. The standard InChI is InChI=1S/C8H10N2/c1-10-6-7-4-2-3-5-8(7)9-10/h2-5,7H,6H2,1H3. The Balaban J connectivity index is 2.29. The van der Waals surface area contributed by atoms with Gasteiger partial charge in [0, 0.05) is 19.5 Å². The van der Waals surface area contributed by atoms with Crippen LogP contribution in [-0.2, 0) is 0 Å². The highest BCUT2D eigenvalue weighted by Crippen LogP contribution is 2.16. The average molecular weight is 134 g/mol. The highest BCUT2D eigenvalue weighted by Gasteiger charge is 2.20. The Morgan fingerprint density at radius 3 is 3.30 bits per heavy atom. The third-order valence-corrected chi connectivity index (χ3v) is 1.85. The Labute approximate surface area is 60.5 Å². The van der Waals surface area contributed by atoms with E-state index in [-0.39, 0.29) is 0 Å². The monoisotopic (exact) mass is 134 g/mol. The van der Waals surface area contributed by atoms with E-state index in [1.165, 1.54) is 5.71 Å². The van der Waals surface area contributed by atoms with Crippen LogP contribution in [0.25, 0.3) is 0 Å². The molecule has 0 bridgehead atoms. The molecule has 0 aromatic heterocycles. The van der Waals surface area contributed by atoms with Crippen LogP contribution in [0.3, 0.4) is 0 Å². The molecule has 2 aliphatic rings. The van der Waals surface area contributed by atoms with Crippen LogP contribution in [0.2, 0.25) is 0 Å². The maximum absolute atomic E-state index is 4.32. The van der Waals surface area contributed by atoms with Gasteiger partial charge in [-0.25, -0.2) is 0 Å². The molecule has 1 aliphatic heterocycles. The molecule has 52 valence electrons. The Morgan fingerprint density at radius 2 is 2.50 bits per heavy atom. The minimum absolute atomic E-state index is 0.551. The summed E-state index contributed by atoms with van der Waals surface area (Å²) in [6.07, 6.45) is 8.40. The number of rotatable bonds is 0. The van der Waals surface area contributed by atoms with Crippen LogP contribution in [0.15, 0.2) is 29.4 Å². The lowest BCUT2D eigenvalue weighted by atomic mass is 10.00. The molecule has 0 radical (unpaired) electrons. The Hall–Kier alpha value is -1.05. The van der Waals surface area contributed by atoms with E-state index in [1.54, 1.807) is 0 Å². The van der Waals surface area contributed by atoms with Crippen molar-refractivity contribution in [2.45, 2.75) is 0 Å². The summed E-state index contributed by atoms with van der Waals surface area (Å²) in [6, 6.07) is 0. The van der Waals surface area contributed by atoms with Gasteiger partial charge < -0.3 is 0 Å². The predicted octanol–water partition coefficient (Wildman–Crippen LogP) is 1.03. The van der Waals surface area contributed by atoms with E-state index in [1.807, 2.05) is 18.1 Å². The van der Waals surface area contributed by atoms with Crippen molar-refractivity contribution >= 4 is 5.71 Å². The molecule has 0 spiro atoms. The summed E-state index contributed by atoms with van der Waals surface area (Å²) in [5.41, 5.74) is 1.20. The zero-order chi connectivity index (χ0) is 6.97. The summed E-state index contributed by atoms with van der Waals surface area (Å²) in [4.78, 5) is 0. The SMILES string of the molecule is CN1CC2C=CC=CC2=N1. The maximum Gasteiger partial charge on any atom is 0.0692 e. The molecule has 0 N–H and O–H groups in total. The lowest BCUT2D eigenvalue weighted by Crippen LogP contribution is -2.14. The number of hydrogen-bond donors (Lipinski definition) is 0. The van der Waals surface area contributed by atoms with E-state index in [0.29, 0.717) is 5.92 Å². The van der Waals surface area contributed by atoms with Crippen molar-refractivity contribution in [1.82, 2.24) is 5.01 Å². The van der Waals surface area contributed by atoms with Gasteiger partial charge >= 0.3 is 0 Å². The number of nitrogens with zero attached hydrogens (tertiary/aromatic N) is 2. The van der Waals surface area contributed by atoms with Crippen LogP contribution in [-0.4, -0.2) is 24.3 Å². The lowest BCUT2D eigenvalue weighted by molar-refractivity contribution is 0.376. The summed E-state index contributed by atoms with van der Waals surface area (Å²) >= 11 is 0. The van der Waals surface area contributed by atoms with Crippen molar-refractivity contribution in [3.05, 3.63) is 24.3 Å². The first-order valence-corrected chi connectivity index (χ1v) is 3.51. The van der Waals surface area contributed by atoms with E-state index in [0.717, 1.165) is 6.54 Å². The van der Waals surface area contributed by atoms with Crippen LogP contribution in [0.5, 0.6) is 0 Å². The predicted molar refractivity (Wildman–Crippen MR) is 41.8 cm³/mol. The third-order valence-electron chi connectivity index (χ3n) is 1.85. The van der Waals surface area contributed by atoms with Crippen LogP contribution >= 0.6 is 0 Å². The minimum Gasteiger partial charge on any atom is -0.299 e. The molecular weight excluding hydrogens is 124 g/mol. The van der Waals surface area contributed by atoms with Gasteiger partial charge in [-0.3, -0.25) is 5.01 Å². The molecule has 1 aliphatic carbocycles. The molecule has 0 amide bonds. The van der Waals surface area contributed by atoms with Crippen molar-refractivity contribution in [3.63, 3.8) is 0 Å². The van der Waals surface area contributed by atoms with Gasteiger partial charge in [0.2, 0.25) is 0 Å². The van der Waals surface area contributed by atoms with Gasteiger partial charge in [-0.1, -0.05) is 18.2 Å². The third kappa shape index (κ3) is 0.764. The number of hydrogen-bond acceptors (Lipinski definition) is 2. The molecule has 2 heteroatoms. The van der Waals surface area contributed by atoms with Crippen molar-refractivity contribution in [2.75, 3.05) is 13.6 Å². The van der Waals surface area contributed by atoms with Gasteiger partial charge in [0.15, 0.2) is 0 Å². The first kappa shape index (κ1) is 5.71. The number of allylic oxidation sites excluding steroid dienone is 3. The van der Waals surface area contributed by atoms with Crippen LogP contribution in [0, 0.1) is 5.92 Å². The molecule has 0 saturated carbocycles.